The van der Waals surface area contributed by atoms with E-state index >= 15 is 0 Å². The van der Waals surface area contributed by atoms with Crippen molar-refractivity contribution in [1.29, 1.82) is 0 Å². The van der Waals surface area contributed by atoms with Crippen molar-refractivity contribution in [2.75, 3.05) is 14.1 Å². The van der Waals surface area contributed by atoms with Gasteiger partial charge < -0.3 is 10.0 Å². The van der Waals surface area contributed by atoms with E-state index in [4.69, 9.17) is 16.7 Å². The van der Waals surface area contributed by atoms with Crippen LogP contribution in [0.25, 0.3) is 22.2 Å². The van der Waals surface area contributed by atoms with Gasteiger partial charge in [-0.2, -0.15) is 23.0 Å². The SMILES string of the molecule is CN(C)C(=O)c1ccc2c(-c3ccc(C(=O)O)cc3F)nn(C(=O)c3c(Cl)cccc3C(F)(F)F)c2c1. The van der Waals surface area contributed by atoms with Crippen LogP contribution >= 0.6 is 11.6 Å². The Morgan fingerprint density at radius 1 is 1.00 bits per heavy atom. The van der Waals surface area contributed by atoms with E-state index < -0.39 is 45.9 Å². The molecule has 190 valence electrons. The van der Waals surface area contributed by atoms with Crippen LogP contribution in [0.15, 0.2) is 54.6 Å². The first-order valence-electron chi connectivity index (χ1n) is 10.5. The first-order chi connectivity index (χ1) is 17.3. The minimum atomic E-state index is -4.92. The number of alkyl halides is 3. The summed E-state index contributed by atoms with van der Waals surface area (Å²) in [5.41, 5.74) is -2.86. The van der Waals surface area contributed by atoms with Crippen molar-refractivity contribution in [3.63, 3.8) is 0 Å². The van der Waals surface area contributed by atoms with E-state index in [0.29, 0.717) is 10.7 Å². The molecule has 0 atom stereocenters. The second kappa shape index (κ2) is 9.32. The summed E-state index contributed by atoms with van der Waals surface area (Å²) < 4.78 is 56.7. The van der Waals surface area contributed by atoms with Crippen LogP contribution in [-0.2, 0) is 6.18 Å². The summed E-state index contributed by atoms with van der Waals surface area (Å²) in [4.78, 5) is 38.5. The lowest BCUT2D eigenvalue weighted by Gasteiger charge is -2.14. The normalized spacial score (nSPS) is 11.5. The molecule has 0 unspecified atom stereocenters. The van der Waals surface area contributed by atoms with Gasteiger partial charge in [-0.15, -0.1) is 0 Å². The Morgan fingerprint density at radius 2 is 1.68 bits per heavy atom. The standard InChI is InChI=1S/C25H16ClF4N3O4/c1-32(2)22(34)12-6-9-15-19(11-12)33(23(35)20-16(25(28,29)30)4-3-5-17(20)26)31-21(15)14-8-7-13(24(36)37)10-18(14)27/h3-11H,1-2H3,(H,36,37). The molecular formula is C25H16ClF4N3O4. The lowest BCUT2D eigenvalue weighted by atomic mass is 10.0. The quantitative estimate of drug-likeness (QED) is 0.345. The molecule has 1 heterocycles. The molecular weight excluding hydrogens is 518 g/mol. The predicted molar refractivity (Wildman–Crippen MR) is 126 cm³/mol. The Hall–Kier alpha value is -4.25. The number of hydrogen-bond acceptors (Lipinski definition) is 4. The van der Waals surface area contributed by atoms with Crippen LogP contribution in [0, 0.1) is 5.82 Å². The molecule has 0 aliphatic rings. The summed E-state index contributed by atoms with van der Waals surface area (Å²) in [7, 11) is 2.97. The van der Waals surface area contributed by atoms with Crippen molar-refractivity contribution in [1.82, 2.24) is 14.7 Å². The maximum Gasteiger partial charge on any atom is 0.417 e. The molecule has 3 aromatic carbocycles. The van der Waals surface area contributed by atoms with E-state index in [1.54, 1.807) is 0 Å². The third kappa shape index (κ3) is 4.65. The van der Waals surface area contributed by atoms with Crippen LogP contribution in [0.4, 0.5) is 17.6 Å². The number of carbonyl (C=O) groups is 3. The topological polar surface area (TPSA) is 92.5 Å². The predicted octanol–water partition coefficient (Wildman–Crippen LogP) is 5.60. The summed E-state index contributed by atoms with van der Waals surface area (Å²) in [5.74, 6) is -4.08. The number of amides is 1. The van der Waals surface area contributed by atoms with Gasteiger partial charge in [0.2, 0.25) is 0 Å². The highest BCUT2D eigenvalue weighted by molar-refractivity contribution is 6.34. The molecule has 0 bridgehead atoms. The minimum Gasteiger partial charge on any atom is -0.478 e. The van der Waals surface area contributed by atoms with Gasteiger partial charge in [0.05, 0.1) is 27.2 Å². The number of hydrogen-bond donors (Lipinski definition) is 1. The van der Waals surface area contributed by atoms with Crippen molar-refractivity contribution in [2.45, 2.75) is 6.18 Å². The lowest BCUT2D eigenvalue weighted by Crippen LogP contribution is -2.22. The van der Waals surface area contributed by atoms with E-state index in [1.165, 1.54) is 37.2 Å². The fraction of sp³-hybridized carbons (Fsp3) is 0.120. The van der Waals surface area contributed by atoms with Crippen molar-refractivity contribution >= 4 is 40.3 Å². The van der Waals surface area contributed by atoms with E-state index in [1.807, 2.05) is 0 Å². The number of fused-ring (bicyclic) bond motifs is 1. The molecule has 0 saturated heterocycles. The van der Waals surface area contributed by atoms with E-state index in [-0.39, 0.29) is 33.3 Å². The zero-order valence-electron chi connectivity index (χ0n) is 19.1. The molecule has 37 heavy (non-hydrogen) atoms. The maximum atomic E-state index is 14.9. The molecule has 1 aromatic heterocycles. The summed E-state index contributed by atoms with van der Waals surface area (Å²) >= 11 is 6.01. The van der Waals surface area contributed by atoms with Gasteiger partial charge in [0.1, 0.15) is 11.5 Å². The van der Waals surface area contributed by atoms with Gasteiger partial charge in [-0.3, -0.25) is 9.59 Å². The number of aromatic carboxylic acids is 1. The van der Waals surface area contributed by atoms with Crippen molar-refractivity contribution < 1.29 is 37.1 Å². The number of carboxylic acid groups (broad SMARTS) is 1. The van der Waals surface area contributed by atoms with Crippen molar-refractivity contribution in [3.05, 3.63) is 87.7 Å². The highest BCUT2D eigenvalue weighted by Crippen LogP contribution is 2.37. The van der Waals surface area contributed by atoms with Gasteiger partial charge >= 0.3 is 12.1 Å². The number of carbonyl (C=O) groups excluding carboxylic acids is 2. The molecule has 12 heteroatoms. The van der Waals surface area contributed by atoms with Crippen LogP contribution in [0.2, 0.25) is 5.02 Å². The Balaban J connectivity index is 2.02. The third-order valence-corrected chi connectivity index (χ3v) is 5.85. The summed E-state index contributed by atoms with van der Waals surface area (Å²) in [5, 5.41) is 12.9. The molecule has 7 nitrogen and oxygen atoms in total. The Bertz CT molecular complexity index is 1600. The van der Waals surface area contributed by atoms with E-state index in [9.17, 15) is 31.9 Å². The highest BCUT2D eigenvalue weighted by atomic mass is 35.5. The molecule has 1 amide bonds. The van der Waals surface area contributed by atoms with Crippen LogP contribution < -0.4 is 0 Å². The van der Waals surface area contributed by atoms with Crippen LogP contribution in [-0.4, -0.2) is 51.7 Å². The Morgan fingerprint density at radius 3 is 2.27 bits per heavy atom. The number of aromatic nitrogens is 2. The number of halogens is 5. The third-order valence-electron chi connectivity index (χ3n) is 5.53. The molecule has 0 saturated carbocycles. The van der Waals surface area contributed by atoms with Crippen molar-refractivity contribution in [3.8, 4) is 11.3 Å². The molecule has 0 aliphatic carbocycles. The molecule has 4 rings (SSSR count). The number of carboxylic acids is 1. The average Bonchev–Trinajstić information content (AvgIpc) is 3.20. The van der Waals surface area contributed by atoms with Gasteiger partial charge in [0, 0.05) is 30.6 Å². The Labute approximate surface area is 211 Å². The number of benzene rings is 3. The minimum absolute atomic E-state index is 0.0811. The molecule has 1 N–H and O–H groups in total. The van der Waals surface area contributed by atoms with E-state index in [0.717, 1.165) is 30.3 Å². The first kappa shape index (κ1) is 25.8. The molecule has 0 aliphatic heterocycles. The molecule has 0 fully saturated rings. The summed E-state index contributed by atoms with van der Waals surface area (Å²) in [6, 6.07) is 9.87. The molecule has 4 aromatic rings. The number of nitrogens with zero attached hydrogens (tertiary/aromatic N) is 3. The average molecular weight is 534 g/mol. The second-order valence-electron chi connectivity index (χ2n) is 8.16. The van der Waals surface area contributed by atoms with E-state index in [2.05, 4.69) is 5.10 Å². The van der Waals surface area contributed by atoms with Crippen LogP contribution in [0.1, 0.15) is 36.6 Å². The largest absolute Gasteiger partial charge is 0.478 e. The molecule has 0 spiro atoms. The van der Waals surface area contributed by atoms with Gasteiger partial charge in [0.15, 0.2) is 0 Å². The summed E-state index contributed by atoms with van der Waals surface area (Å²) in [6.45, 7) is 0. The second-order valence-corrected chi connectivity index (χ2v) is 8.56. The molecule has 0 radical (unpaired) electrons. The van der Waals surface area contributed by atoms with Crippen LogP contribution in [0.3, 0.4) is 0 Å². The summed E-state index contributed by atoms with van der Waals surface area (Å²) in [6.07, 6.45) is -4.92. The van der Waals surface area contributed by atoms with Gasteiger partial charge in [0.25, 0.3) is 11.8 Å². The smallest absolute Gasteiger partial charge is 0.417 e. The number of rotatable bonds is 4. The van der Waals surface area contributed by atoms with Gasteiger partial charge in [-0.1, -0.05) is 17.7 Å². The lowest BCUT2D eigenvalue weighted by molar-refractivity contribution is -0.137. The monoisotopic (exact) mass is 533 g/mol. The van der Waals surface area contributed by atoms with Crippen molar-refractivity contribution in [2.24, 2.45) is 0 Å². The van der Waals surface area contributed by atoms with Gasteiger partial charge in [-0.25, -0.2) is 9.18 Å². The first-order valence-corrected chi connectivity index (χ1v) is 10.9. The highest BCUT2D eigenvalue weighted by Gasteiger charge is 2.37. The van der Waals surface area contributed by atoms with Crippen LogP contribution in [0.5, 0.6) is 0 Å². The fourth-order valence-corrected chi connectivity index (χ4v) is 4.04. The zero-order chi connectivity index (χ0) is 27.2. The fourth-order valence-electron chi connectivity index (χ4n) is 3.78. The maximum absolute atomic E-state index is 14.9. The Kier molecular flexibility index (Phi) is 6.51. The zero-order valence-corrected chi connectivity index (χ0v) is 19.9. The van der Waals surface area contributed by atoms with Gasteiger partial charge in [-0.05, 0) is 48.5 Å².